The molecule has 0 radical (unpaired) electrons. The van der Waals surface area contributed by atoms with Crippen molar-refractivity contribution < 1.29 is 9.53 Å². The van der Waals surface area contributed by atoms with E-state index in [0.717, 1.165) is 11.3 Å². The van der Waals surface area contributed by atoms with Gasteiger partial charge in [-0.3, -0.25) is 4.68 Å². The van der Waals surface area contributed by atoms with Crippen molar-refractivity contribution >= 4 is 17.6 Å². The minimum Gasteiger partial charge on any atom is -0.476 e. The second-order valence-corrected chi connectivity index (χ2v) is 5.56. The van der Waals surface area contributed by atoms with E-state index >= 15 is 0 Å². The third-order valence-electron chi connectivity index (χ3n) is 3.20. The third kappa shape index (κ3) is 5.14. The maximum atomic E-state index is 11.9. The number of carbonyl (C=O) groups is 1. The molecule has 2 aromatic heterocycles. The monoisotopic (exact) mass is 337 g/mol. The average Bonchev–Trinajstić information content (AvgIpc) is 2.84. The molecule has 1 atom stereocenters. The van der Waals surface area contributed by atoms with Crippen LogP contribution in [-0.4, -0.2) is 33.9 Å². The fourth-order valence-corrected chi connectivity index (χ4v) is 2.25. The number of ether oxygens (including phenoxy) is 1. The molecule has 2 heterocycles. The van der Waals surface area contributed by atoms with Crippen LogP contribution in [-0.2, 0) is 7.05 Å². The SMILES string of the molecule is Cc1nn(C)cc1C(C)NC(=O)NCCOc1ccc(Cl)cn1. The molecule has 2 rings (SSSR count). The molecule has 1 unspecified atom stereocenters. The van der Waals surface area contributed by atoms with E-state index in [0.29, 0.717) is 24.1 Å². The number of halogens is 1. The van der Waals surface area contributed by atoms with Crippen LogP contribution in [0.25, 0.3) is 0 Å². The van der Waals surface area contributed by atoms with Gasteiger partial charge in [0.2, 0.25) is 5.88 Å². The minimum absolute atomic E-state index is 0.123. The highest BCUT2D eigenvalue weighted by Crippen LogP contribution is 2.15. The van der Waals surface area contributed by atoms with Crippen LogP contribution in [0.3, 0.4) is 0 Å². The van der Waals surface area contributed by atoms with Crippen molar-refractivity contribution in [1.82, 2.24) is 25.4 Å². The topological polar surface area (TPSA) is 81.1 Å². The summed E-state index contributed by atoms with van der Waals surface area (Å²) in [4.78, 5) is 15.9. The molecule has 124 valence electrons. The fraction of sp³-hybridized carbons (Fsp3) is 0.400. The molecule has 8 heteroatoms. The van der Waals surface area contributed by atoms with Gasteiger partial charge in [0.1, 0.15) is 6.61 Å². The summed E-state index contributed by atoms with van der Waals surface area (Å²) < 4.78 is 7.13. The van der Waals surface area contributed by atoms with Gasteiger partial charge in [-0.1, -0.05) is 11.6 Å². The normalized spacial score (nSPS) is 11.8. The van der Waals surface area contributed by atoms with Crippen LogP contribution in [0.2, 0.25) is 5.02 Å². The molecule has 2 aromatic rings. The molecule has 7 nitrogen and oxygen atoms in total. The van der Waals surface area contributed by atoms with Crippen molar-refractivity contribution in [3.05, 3.63) is 40.8 Å². The third-order valence-corrected chi connectivity index (χ3v) is 3.43. The molecule has 0 bridgehead atoms. The van der Waals surface area contributed by atoms with Crippen LogP contribution in [0.5, 0.6) is 5.88 Å². The lowest BCUT2D eigenvalue weighted by Gasteiger charge is -2.14. The number of amides is 2. The quantitative estimate of drug-likeness (QED) is 0.792. The molecular formula is C15H20ClN5O2. The van der Waals surface area contributed by atoms with Crippen LogP contribution in [0.15, 0.2) is 24.5 Å². The number of urea groups is 1. The van der Waals surface area contributed by atoms with Crippen molar-refractivity contribution in [3.63, 3.8) is 0 Å². The molecule has 0 fully saturated rings. The number of nitrogens with one attached hydrogen (secondary N) is 2. The fourth-order valence-electron chi connectivity index (χ4n) is 2.14. The van der Waals surface area contributed by atoms with Crippen LogP contribution in [0, 0.1) is 6.92 Å². The Labute approximate surface area is 140 Å². The molecule has 0 aliphatic rings. The first kappa shape index (κ1) is 17.1. The zero-order chi connectivity index (χ0) is 16.8. The van der Waals surface area contributed by atoms with Gasteiger partial charge in [-0.05, 0) is 19.9 Å². The van der Waals surface area contributed by atoms with E-state index in [1.54, 1.807) is 16.8 Å². The van der Waals surface area contributed by atoms with Gasteiger partial charge in [0.25, 0.3) is 0 Å². The van der Waals surface area contributed by atoms with E-state index in [1.807, 2.05) is 27.1 Å². The highest BCUT2D eigenvalue weighted by Gasteiger charge is 2.13. The van der Waals surface area contributed by atoms with Crippen molar-refractivity contribution in [2.45, 2.75) is 19.9 Å². The second kappa shape index (κ2) is 7.82. The van der Waals surface area contributed by atoms with Gasteiger partial charge in [0, 0.05) is 31.1 Å². The van der Waals surface area contributed by atoms with E-state index in [1.165, 1.54) is 6.20 Å². The Morgan fingerprint density at radius 1 is 1.48 bits per heavy atom. The zero-order valence-electron chi connectivity index (χ0n) is 13.3. The molecule has 0 spiro atoms. The van der Waals surface area contributed by atoms with Gasteiger partial charge in [-0.15, -0.1) is 0 Å². The molecule has 0 aromatic carbocycles. The lowest BCUT2D eigenvalue weighted by molar-refractivity contribution is 0.233. The lowest BCUT2D eigenvalue weighted by Crippen LogP contribution is -2.39. The molecule has 0 saturated heterocycles. The second-order valence-electron chi connectivity index (χ2n) is 5.13. The molecule has 2 N–H and O–H groups in total. The lowest BCUT2D eigenvalue weighted by atomic mass is 10.1. The van der Waals surface area contributed by atoms with Crippen molar-refractivity contribution in [2.24, 2.45) is 7.05 Å². The number of rotatable bonds is 6. The number of carbonyl (C=O) groups excluding carboxylic acids is 1. The zero-order valence-corrected chi connectivity index (χ0v) is 14.1. The van der Waals surface area contributed by atoms with Crippen LogP contribution in [0.1, 0.15) is 24.2 Å². The van der Waals surface area contributed by atoms with Gasteiger partial charge in [0.05, 0.1) is 23.3 Å². The molecule has 2 amide bonds. The summed E-state index contributed by atoms with van der Waals surface area (Å²) in [6.45, 7) is 4.52. The molecule has 23 heavy (non-hydrogen) atoms. The number of aromatic nitrogens is 3. The smallest absolute Gasteiger partial charge is 0.315 e. The van der Waals surface area contributed by atoms with Crippen molar-refractivity contribution in [3.8, 4) is 5.88 Å². The number of aryl methyl sites for hydroxylation is 2. The Bertz CT molecular complexity index is 656. The summed E-state index contributed by atoms with van der Waals surface area (Å²) in [5, 5.41) is 10.4. The highest BCUT2D eigenvalue weighted by atomic mass is 35.5. The van der Waals surface area contributed by atoms with Crippen LogP contribution < -0.4 is 15.4 Å². The number of hydrogen-bond acceptors (Lipinski definition) is 4. The Hall–Kier alpha value is -2.28. The Morgan fingerprint density at radius 2 is 2.26 bits per heavy atom. The summed E-state index contributed by atoms with van der Waals surface area (Å²) in [5.74, 6) is 0.468. The van der Waals surface area contributed by atoms with E-state index < -0.39 is 0 Å². The maximum Gasteiger partial charge on any atom is 0.315 e. The number of nitrogens with zero attached hydrogens (tertiary/aromatic N) is 3. The van der Waals surface area contributed by atoms with Crippen molar-refractivity contribution in [1.29, 1.82) is 0 Å². The van der Waals surface area contributed by atoms with E-state index in [9.17, 15) is 4.79 Å². The summed E-state index contributed by atoms with van der Waals surface area (Å²) >= 11 is 5.74. The van der Waals surface area contributed by atoms with Gasteiger partial charge >= 0.3 is 6.03 Å². The van der Waals surface area contributed by atoms with Gasteiger partial charge in [0.15, 0.2) is 0 Å². The maximum absolute atomic E-state index is 11.9. The van der Waals surface area contributed by atoms with Crippen LogP contribution >= 0.6 is 11.6 Å². The van der Waals surface area contributed by atoms with Gasteiger partial charge in [-0.25, -0.2) is 9.78 Å². The minimum atomic E-state index is -0.256. The predicted octanol–water partition coefficient (Wildman–Crippen LogP) is 2.22. The van der Waals surface area contributed by atoms with E-state index in [-0.39, 0.29) is 12.1 Å². The van der Waals surface area contributed by atoms with E-state index in [4.69, 9.17) is 16.3 Å². The first-order valence-corrected chi connectivity index (χ1v) is 7.62. The standard InChI is InChI=1S/C15H20ClN5O2/c1-10(13-9-21(3)20-11(13)2)19-15(22)17-6-7-23-14-5-4-12(16)8-18-14/h4-5,8-10H,6-7H2,1-3H3,(H2,17,19,22). The highest BCUT2D eigenvalue weighted by molar-refractivity contribution is 6.30. The number of pyridine rings is 1. The number of hydrogen-bond donors (Lipinski definition) is 2. The first-order chi connectivity index (χ1) is 11.0. The summed E-state index contributed by atoms with van der Waals surface area (Å²) in [7, 11) is 1.85. The first-order valence-electron chi connectivity index (χ1n) is 7.24. The molecule has 0 saturated carbocycles. The Kier molecular flexibility index (Phi) is 5.81. The summed E-state index contributed by atoms with van der Waals surface area (Å²) in [6.07, 6.45) is 3.41. The molecule has 0 aliphatic heterocycles. The summed E-state index contributed by atoms with van der Waals surface area (Å²) in [6, 6.07) is 2.99. The molecule has 0 aliphatic carbocycles. The summed E-state index contributed by atoms with van der Waals surface area (Å²) in [5.41, 5.74) is 1.89. The van der Waals surface area contributed by atoms with Gasteiger partial charge in [-0.2, -0.15) is 5.10 Å². The van der Waals surface area contributed by atoms with E-state index in [2.05, 4.69) is 20.7 Å². The van der Waals surface area contributed by atoms with Crippen LogP contribution in [0.4, 0.5) is 4.79 Å². The molecular weight excluding hydrogens is 318 g/mol. The largest absolute Gasteiger partial charge is 0.476 e. The average molecular weight is 338 g/mol. The Morgan fingerprint density at radius 3 is 2.87 bits per heavy atom. The van der Waals surface area contributed by atoms with Gasteiger partial charge < -0.3 is 15.4 Å². The van der Waals surface area contributed by atoms with Crippen molar-refractivity contribution in [2.75, 3.05) is 13.2 Å². The Balaban J connectivity index is 1.70. The predicted molar refractivity (Wildman–Crippen MR) is 87.6 cm³/mol.